The van der Waals surface area contributed by atoms with Gasteiger partial charge in [-0.25, -0.2) is 0 Å². The van der Waals surface area contributed by atoms with E-state index in [2.05, 4.69) is 6.58 Å². The summed E-state index contributed by atoms with van der Waals surface area (Å²) in [6.07, 6.45) is 3.37. The second-order valence-corrected chi connectivity index (χ2v) is 1.14. The minimum atomic E-state index is 0. The third-order valence-electron chi connectivity index (χ3n) is 0.553. The SMILES string of the molecule is C=CCCC[O-].[Na+]. The molecule has 2 heteroatoms. The van der Waals surface area contributed by atoms with Gasteiger partial charge < -0.3 is 5.11 Å². The molecular weight excluding hydrogens is 99.0 g/mol. The molecule has 0 saturated heterocycles. The first-order valence-electron chi connectivity index (χ1n) is 2.11. The van der Waals surface area contributed by atoms with Gasteiger partial charge in [0.05, 0.1) is 0 Å². The van der Waals surface area contributed by atoms with Crippen LogP contribution in [0.2, 0.25) is 0 Å². The van der Waals surface area contributed by atoms with Gasteiger partial charge in [-0.1, -0.05) is 12.5 Å². The van der Waals surface area contributed by atoms with Crippen molar-refractivity contribution in [1.29, 1.82) is 0 Å². The van der Waals surface area contributed by atoms with Gasteiger partial charge in [0.15, 0.2) is 0 Å². The van der Waals surface area contributed by atoms with Gasteiger partial charge in [-0.05, 0) is 6.42 Å². The van der Waals surface area contributed by atoms with E-state index in [1.807, 2.05) is 0 Å². The average molecular weight is 108 g/mol. The molecule has 0 bridgehead atoms. The molecule has 0 saturated carbocycles. The maximum absolute atomic E-state index is 9.64. The molecule has 1 nitrogen and oxygen atoms in total. The Kier molecular flexibility index (Phi) is 15.0. The third-order valence-corrected chi connectivity index (χ3v) is 0.553. The Balaban J connectivity index is 0. The van der Waals surface area contributed by atoms with Crippen LogP contribution in [-0.4, -0.2) is 6.61 Å². The number of unbranched alkanes of at least 4 members (excludes halogenated alkanes) is 1. The number of hydrogen-bond acceptors (Lipinski definition) is 1. The molecule has 0 aromatic carbocycles. The Morgan fingerprint density at radius 3 is 2.29 bits per heavy atom. The zero-order valence-electron chi connectivity index (χ0n) is 4.81. The van der Waals surface area contributed by atoms with Crippen LogP contribution in [0.4, 0.5) is 0 Å². The van der Waals surface area contributed by atoms with E-state index in [0.717, 1.165) is 12.8 Å². The first kappa shape index (κ1) is 10.6. The molecule has 0 fully saturated rings. The van der Waals surface area contributed by atoms with Crippen molar-refractivity contribution in [3.8, 4) is 0 Å². The van der Waals surface area contributed by atoms with Crippen LogP contribution in [0.3, 0.4) is 0 Å². The van der Waals surface area contributed by atoms with Crippen molar-refractivity contribution in [3.05, 3.63) is 12.7 Å². The molecule has 0 amide bonds. The first-order valence-corrected chi connectivity index (χ1v) is 2.11. The van der Waals surface area contributed by atoms with E-state index in [1.54, 1.807) is 6.08 Å². The molecule has 0 rings (SSSR count). The minimum absolute atomic E-state index is 0. The summed E-state index contributed by atoms with van der Waals surface area (Å²) < 4.78 is 0. The molecule has 0 atom stereocenters. The zero-order chi connectivity index (χ0) is 4.83. The summed E-state index contributed by atoms with van der Waals surface area (Å²) in [5, 5.41) is 9.64. The molecule has 36 valence electrons. The number of hydrogen-bond donors (Lipinski definition) is 0. The summed E-state index contributed by atoms with van der Waals surface area (Å²) in [5.41, 5.74) is 0. The fraction of sp³-hybridized carbons (Fsp3) is 0.600. The van der Waals surface area contributed by atoms with Gasteiger partial charge >= 0.3 is 29.6 Å². The topological polar surface area (TPSA) is 23.1 Å². The summed E-state index contributed by atoms with van der Waals surface area (Å²) in [4.78, 5) is 0. The zero-order valence-corrected chi connectivity index (χ0v) is 6.81. The Morgan fingerprint density at radius 1 is 1.57 bits per heavy atom. The summed E-state index contributed by atoms with van der Waals surface area (Å²) in [7, 11) is 0. The largest absolute Gasteiger partial charge is 1.00 e. The van der Waals surface area contributed by atoms with Crippen LogP contribution in [0.5, 0.6) is 0 Å². The predicted octanol–water partition coefficient (Wildman–Crippen LogP) is -2.68. The van der Waals surface area contributed by atoms with Gasteiger partial charge in [-0.3, -0.25) is 0 Å². The maximum Gasteiger partial charge on any atom is 1.00 e. The van der Waals surface area contributed by atoms with E-state index in [1.165, 1.54) is 0 Å². The van der Waals surface area contributed by atoms with Crippen LogP contribution >= 0.6 is 0 Å². The Bertz CT molecular complexity index is 37.1. The van der Waals surface area contributed by atoms with Crippen molar-refractivity contribution in [2.75, 3.05) is 6.61 Å². The first-order chi connectivity index (χ1) is 2.91. The molecule has 0 radical (unpaired) electrons. The van der Waals surface area contributed by atoms with Crippen LogP contribution in [-0.2, 0) is 0 Å². The van der Waals surface area contributed by atoms with Crippen molar-refractivity contribution in [2.45, 2.75) is 12.8 Å². The van der Waals surface area contributed by atoms with E-state index in [0.29, 0.717) is 0 Å². The maximum atomic E-state index is 9.64. The normalized spacial score (nSPS) is 7.00. The van der Waals surface area contributed by atoms with Crippen LogP contribution in [0, 0.1) is 0 Å². The molecule has 0 aliphatic heterocycles. The Labute approximate surface area is 66.7 Å². The van der Waals surface area contributed by atoms with Crippen molar-refractivity contribution in [2.24, 2.45) is 0 Å². The Hall–Kier alpha value is 0.700. The molecule has 0 spiro atoms. The molecule has 0 aromatic rings. The third kappa shape index (κ3) is 10.8. The van der Waals surface area contributed by atoms with E-state index >= 15 is 0 Å². The van der Waals surface area contributed by atoms with Crippen LogP contribution in [0.15, 0.2) is 12.7 Å². The van der Waals surface area contributed by atoms with Gasteiger partial charge in [0.1, 0.15) is 0 Å². The van der Waals surface area contributed by atoms with Gasteiger partial charge in [-0.2, -0.15) is 0 Å². The molecule has 0 aromatic heterocycles. The summed E-state index contributed by atoms with van der Waals surface area (Å²) in [6.45, 7) is 3.49. The van der Waals surface area contributed by atoms with E-state index in [-0.39, 0.29) is 36.2 Å². The van der Waals surface area contributed by atoms with Crippen LogP contribution in [0.25, 0.3) is 0 Å². The second-order valence-electron chi connectivity index (χ2n) is 1.14. The smallest absolute Gasteiger partial charge is 0.854 e. The van der Waals surface area contributed by atoms with Crippen molar-refractivity contribution in [1.82, 2.24) is 0 Å². The van der Waals surface area contributed by atoms with Crippen molar-refractivity contribution < 1.29 is 34.7 Å². The van der Waals surface area contributed by atoms with Gasteiger partial charge in [-0.15, -0.1) is 13.2 Å². The molecular formula is C5H9NaO. The number of allylic oxidation sites excluding steroid dienone is 1. The van der Waals surface area contributed by atoms with E-state index < -0.39 is 0 Å². The average Bonchev–Trinajstić information content (AvgIpc) is 1.61. The van der Waals surface area contributed by atoms with Gasteiger partial charge in [0.2, 0.25) is 0 Å². The summed E-state index contributed by atoms with van der Waals surface area (Å²) in [5.74, 6) is 0. The standard InChI is InChI=1S/C5H9O.Na/c1-2-3-4-5-6;/h2H,1,3-5H2;/q-1;+1. The number of rotatable bonds is 3. The quantitative estimate of drug-likeness (QED) is 0.219. The summed E-state index contributed by atoms with van der Waals surface area (Å²) in [6, 6.07) is 0. The van der Waals surface area contributed by atoms with Gasteiger partial charge in [0.25, 0.3) is 0 Å². The molecule has 7 heavy (non-hydrogen) atoms. The monoisotopic (exact) mass is 108 g/mol. The predicted molar refractivity (Wildman–Crippen MR) is 24.3 cm³/mol. The molecule has 0 unspecified atom stereocenters. The van der Waals surface area contributed by atoms with Crippen molar-refractivity contribution >= 4 is 0 Å². The van der Waals surface area contributed by atoms with E-state index in [4.69, 9.17) is 0 Å². The van der Waals surface area contributed by atoms with Gasteiger partial charge in [0, 0.05) is 0 Å². The molecule has 0 aliphatic carbocycles. The Morgan fingerprint density at radius 2 is 2.14 bits per heavy atom. The minimum Gasteiger partial charge on any atom is -0.854 e. The second kappa shape index (κ2) is 9.85. The fourth-order valence-corrected chi connectivity index (χ4v) is 0.228. The summed E-state index contributed by atoms with van der Waals surface area (Å²) >= 11 is 0. The molecule has 0 aliphatic rings. The van der Waals surface area contributed by atoms with Crippen LogP contribution < -0.4 is 34.7 Å². The van der Waals surface area contributed by atoms with Crippen LogP contribution in [0.1, 0.15) is 12.8 Å². The fourth-order valence-electron chi connectivity index (χ4n) is 0.228. The van der Waals surface area contributed by atoms with Crippen molar-refractivity contribution in [3.63, 3.8) is 0 Å². The van der Waals surface area contributed by atoms with E-state index in [9.17, 15) is 5.11 Å². The molecule has 0 heterocycles. The molecule has 0 N–H and O–H groups in total.